The van der Waals surface area contributed by atoms with E-state index in [2.05, 4.69) is 34.8 Å². The van der Waals surface area contributed by atoms with E-state index in [0.717, 1.165) is 15.9 Å². The van der Waals surface area contributed by atoms with E-state index in [-0.39, 0.29) is 0 Å². The van der Waals surface area contributed by atoms with Crippen molar-refractivity contribution < 1.29 is 0 Å². The lowest BCUT2D eigenvalue weighted by atomic mass is 10.3. The molecular weight excluding hydrogens is 282 g/mol. The molecule has 0 radical (unpaired) electrons. The fourth-order valence-corrected chi connectivity index (χ4v) is 2.98. The number of rotatable bonds is 4. The Hall–Kier alpha value is 0.270. The molecule has 1 nitrogen and oxygen atoms in total. The average molecular weight is 295 g/mol. The van der Waals surface area contributed by atoms with Gasteiger partial charge in [0.05, 0.1) is 4.47 Å². The van der Waals surface area contributed by atoms with Crippen LogP contribution in [-0.4, -0.2) is 16.1 Å². The van der Waals surface area contributed by atoms with Gasteiger partial charge in [0.15, 0.2) is 0 Å². The monoisotopic (exact) mass is 293 g/mol. The minimum atomic E-state index is 0.512. The normalized spacial score (nSPS) is 12.9. The highest BCUT2D eigenvalue weighted by molar-refractivity contribution is 9.10. The highest BCUT2D eigenvalue weighted by Gasteiger charge is 2.09. The molecule has 0 aliphatic carbocycles. The van der Waals surface area contributed by atoms with E-state index in [0.29, 0.717) is 11.1 Å². The van der Waals surface area contributed by atoms with Gasteiger partial charge in [-0.1, -0.05) is 6.92 Å². The second-order valence-electron chi connectivity index (χ2n) is 3.15. The molecule has 4 heteroatoms. The molecule has 0 bridgehead atoms. The Balaban J connectivity index is 2.71. The van der Waals surface area contributed by atoms with Crippen molar-refractivity contribution in [1.29, 1.82) is 0 Å². The third kappa shape index (κ3) is 3.44. The molecule has 0 aliphatic rings. The summed E-state index contributed by atoms with van der Waals surface area (Å²) < 4.78 is 1.10. The van der Waals surface area contributed by atoms with Crippen molar-refractivity contribution in [3.8, 4) is 0 Å². The Bertz CT molecular complexity index is 306. The molecule has 78 valence electrons. The minimum Gasteiger partial charge on any atom is -0.249 e. The number of pyridine rings is 1. The van der Waals surface area contributed by atoms with Gasteiger partial charge < -0.3 is 0 Å². The quantitative estimate of drug-likeness (QED) is 0.608. The van der Waals surface area contributed by atoms with E-state index < -0.39 is 0 Å². The smallest absolute Gasteiger partial charge is 0.111 e. The van der Waals surface area contributed by atoms with E-state index in [1.54, 1.807) is 11.8 Å². The molecule has 0 spiro atoms. The third-order valence-electron chi connectivity index (χ3n) is 1.88. The number of thioether (sulfide) groups is 1. The summed E-state index contributed by atoms with van der Waals surface area (Å²) in [5, 5.41) is 1.57. The lowest BCUT2D eigenvalue weighted by molar-refractivity contribution is 0.905. The number of hydrogen-bond acceptors (Lipinski definition) is 2. The third-order valence-corrected chi connectivity index (χ3v) is 4.53. The molecule has 1 aromatic rings. The fraction of sp³-hybridized carbons (Fsp3) is 0.500. The van der Waals surface area contributed by atoms with Crippen LogP contribution in [0.25, 0.3) is 0 Å². The van der Waals surface area contributed by atoms with Crippen LogP contribution in [0.2, 0.25) is 0 Å². The number of hydrogen-bond donors (Lipinski definition) is 0. The maximum atomic E-state index is 5.69. The number of aromatic nitrogens is 1. The molecule has 1 unspecified atom stereocenters. The molecule has 14 heavy (non-hydrogen) atoms. The van der Waals surface area contributed by atoms with Crippen molar-refractivity contribution in [3.63, 3.8) is 0 Å². The molecular formula is C10H13BrClNS. The second kappa shape index (κ2) is 5.99. The highest BCUT2D eigenvalue weighted by Crippen LogP contribution is 2.31. The molecule has 0 aliphatic heterocycles. The zero-order chi connectivity index (χ0) is 10.6. The Morgan fingerprint density at radius 2 is 2.36 bits per heavy atom. The average Bonchev–Trinajstić information content (AvgIpc) is 2.13. The molecule has 1 aromatic heterocycles. The predicted molar refractivity (Wildman–Crippen MR) is 67.3 cm³/mol. The molecule has 0 fully saturated rings. The summed E-state index contributed by atoms with van der Waals surface area (Å²) >= 11 is 11.0. The highest BCUT2D eigenvalue weighted by atomic mass is 79.9. The van der Waals surface area contributed by atoms with Crippen LogP contribution in [0.5, 0.6) is 0 Å². The summed E-state index contributed by atoms with van der Waals surface area (Å²) in [6.07, 6.45) is 2.85. The number of nitrogens with zero attached hydrogens (tertiary/aromatic N) is 1. The van der Waals surface area contributed by atoms with Gasteiger partial charge in [-0.05, 0) is 40.9 Å². The SMILES string of the molecule is Cc1ccnc(SC(C)CCCl)c1Br. The lowest BCUT2D eigenvalue weighted by Gasteiger charge is -2.10. The van der Waals surface area contributed by atoms with Gasteiger partial charge in [-0.3, -0.25) is 0 Å². The van der Waals surface area contributed by atoms with Gasteiger partial charge in [0.25, 0.3) is 0 Å². The van der Waals surface area contributed by atoms with Crippen molar-refractivity contribution >= 4 is 39.3 Å². The molecule has 0 aromatic carbocycles. The van der Waals surface area contributed by atoms with Crippen LogP contribution < -0.4 is 0 Å². The summed E-state index contributed by atoms with van der Waals surface area (Å²) in [6.45, 7) is 4.24. The molecule has 1 heterocycles. The van der Waals surface area contributed by atoms with Crippen LogP contribution in [0, 0.1) is 6.92 Å². The van der Waals surface area contributed by atoms with Crippen LogP contribution in [0.15, 0.2) is 21.8 Å². The first-order valence-electron chi connectivity index (χ1n) is 4.49. The van der Waals surface area contributed by atoms with Gasteiger partial charge in [-0.25, -0.2) is 4.98 Å². The Kier molecular flexibility index (Phi) is 5.28. The van der Waals surface area contributed by atoms with E-state index in [1.807, 2.05) is 12.3 Å². The first-order valence-corrected chi connectivity index (χ1v) is 6.69. The minimum absolute atomic E-state index is 0.512. The van der Waals surface area contributed by atoms with E-state index in [1.165, 1.54) is 5.56 Å². The van der Waals surface area contributed by atoms with Crippen LogP contribution in [0.1, 0.15) is 18.9 Å². The van der Waals surface area contributed by atoms with E-state index >= 15 is 0 Å². The van der Waals surface area contributed by atoms with Crippen LogP contribution in [0.3, 0.4) is 0 Å². The Morgan fingerprint density at radius 1 is 1.64 bits per heavy atom. The van der Waals surface area contributed by atoms with Crippen molar-refractivity contribution in [3.05, 3.63) is 22.3 Å². The van der Waals surface area contributed by atoms with Crippen molar-refractivity contribution in [1.82, 2.24) is 4.98 Å². The maximum Gasteiger partial charge on any atom is 0.111 e. The van der Waals surface area contributed by atoms with Crippen LogP contribution in [-0.2, 0) is 0 Å². The second-order valence-corrected chi connectivity index (χ2v) is 5.75. The number of aryl methyl sites for hydroxylation is 1. The maximum absolute atomic E-state index is 5.69. The molecule has 0 saturated heterocycles. The summed E-state index contributed by atoms with van der Waals surface area (Å²) in [5.41, 5.74) is 1.22. The predicted octanol–water partition coefficient (Wildman–Crippen LogP) is 4.26. The molecule has 1 atom stereocenters. The summed E-state index contributed by atoms with van der Waals surface area (Å²) in [6, 6.07) is 2.00. The summed E-state index contributed by atoms with van der Waals surface area (Å²) in [7, 11) is 0. The number of alkyl halides is 1. The van der Waals surface area contributed by atoms with Crippen LogP contribution in [0.4, 0.5) is 0 Å². The van der Waals surface area contributed by atoms with Gasteiger partial charge in [-0.2, -0.15) is 0 Å². The van der Waals surface area contributed by atoms with Gasteiger partial charge in [0.2, 0.25) is 0 Å². The van der Waals surface area contributed by atoms with Gasteiger partial charge in [0, 0.05) is 17.3 Å². The summed E-state index contributed by atoms with van der Waals surface area (Å²) in [5.74, 6) is 0.706. The fourth-order valence-electron chi connectivity index (χ4n) is 1.00. The zero-order valence-electron chi connectivity index (χ0n) is 8.26. The Labute approximate surface area is 103 Å². The first kappa shape index (κ1) is 12.3. The molecule has 0 N–H and O–H groups in total. The van der Waals surface area contributed by atoms with Crippen LogP contribution >= 0.6 is 39.3 Å². The molecule has 1 rings (SSSR count). The number of halogens is 2. The van der Waals surface area contributed by atoms with Gasteiger partial charge in [-0.15, -0.1) is 23.4 Å². The molecule has 0 amide bonds. The van der Waals surface area contributed by atoms with Crippen molar-refractivity contribution in [2.75, 3.05) is 5.88 Å². The molecule has 0 saturated carbocycles. The summed E-state index contributed by atoms with van der Waals surface area (Å²) in [4.78, 5) is 4.33. The topological polar surface area (TPSA) is 12.9 Å². The van der Waals surface area contributed by atoms with Gasteiger partial charge in [0.1, 0.15) is 5.03 Å². The van der Waals surface area contributed by atoms with E-state index in [4.69, 9.17) is 11.6 Å². The van der Waals surface area contributed by atoms with Crippen molar-refractivity contribution in [2.24, 2.45) is 0 Å². The first-order chi connectivity index (χ1) is 6.65. The van der Waals surface area contributed by atoms with Gasteiger partial charge >= 0.3 is 0 Å². The zero-order valence-corrected chi connectivity index (χ0v) is 11.4. The van der Waals surface area contributed by atoms with Crippen molar-refractivity contribution in [2.45, 2.75) is 30.5 Å². The lowest BCUT2D eigenvalue weighted by Crippen LogP contribution is -1.98. The largest absolute Gasteiger partial charge is 0.249 e. The standard InChI is InChI=1S/C10H13BrClNS/c1-7-4-6-13-10(9(7)11)14-8(2)3-5-12/h4,6,8H,3,5H2,1-2H3. The Morgan fingerprint density at radius 3 is 3.00 bits per heavy atom. The van der Waals surface area contributed by atoms with E-state index in [9.17, 15) is 0 Å².